The third-order valence-electron chi connectivity index (χ3n) is 4.88. The number of fused-ring (bicyclic) bond motifs is 1. The largest absolute Gasteiger partial charge is 0.394 e. The van der Waals surface area contributed by atoms with E-state index >= 15 is 0 Å². The molecule has 1 aliphatic rings. The van der Waals surface area contributed by atoms with Crippen molar-refractivity contribution in [2.75, 3.05) is 19.0 Å². The van der Waals surface area contributed by atoms with Gasteiger partial charge in [0.25, 0.3) is 5.91 Å². The molecule has 1 amide bonds. The summed E-state index contributed by atoms with van der Waals surface area (Å²) in [6, 6.07) is 8.64. The van der Waals surface area contributed by atoms with Gasteiger partial charge in [-0.2, -0.15) is 0 Å². The second-order valence-corrected chi connectivity index (χ2v) is 7.43. The summed E-state index contributed by atoms with van der Waals surface area (Å²) >= 11 is 0. The van der Waals surface area contributed by atoms with Crippen molar-refractivity contribution < 1.29 is 33.4 Å². The first-order chi connectivity index (χ1) is 15.0. The zero-order valence-corrected chi connectivity index (χ0v) is 17.3. The maximum absolute atomic E-state index is 12.5. The number of anilines is 1. The molecule has 1 aromatic carbocycles. The fourth-order valence-corrected chi connectivity index (χ4v) is 4.01. The lowest BCUT2D eigenvalue weighted by Gasteiger charge is -2.22. The summed E-state index contributed by atoms with van der Waals surface area (Å²) in [5.41, 5.74) is 1.10. The number of nitrogens with one attached hydrogen (secondary N) is 1. The average Bonchev–Trinajstić information content (AvgIpc) is 3.35. The number of nitrogens with zero attached hydrogens (tertiary/aromatic N) is 4. The Kier molecular flexibility index (Phi) is 6.37. The number of aromatic nitrogens is 4. The number of aliphatic hydroxyl groups is 1. The van der Waals surface area contributed by atoms with Gasteiger partial charge in [-0.1, -0.05) is 18.2 Å². The Bertz CT molecular complexity index is 1100. The van der Waals surface area contributed by atoms with Gasteiger partial charge in [0.05, 0.1) is 12.9 Å². The van der Waals surface area contributed by atoms with Gasteiger partial charge in [-0.15, -0.1) is 0 Å². The van der Waals surface area contributed by atoms with Crippen molar-refractivity contribution in [2.45, 2.75) is 24.5 Å². The van der Waals surface area contributed by atoms with Crippen LogP contribution in [0.2, 0.25) is 0 Å². The summed E-state index contributed by atoms with van der Waals surface area (Å²) in [5.74, 6) is -0.152. The quantitative estimate of drug-likeness (QED) is 0.440. The van der Waals surface area contributed by atoms with Crippen LogP contribution in [0.1, 0.15) is 16.6 Å². The molecule has 3 heterocycles. The first-order valence-corrected chi connectivity index (χ1v) is 10.5. The standard InChI is InChI=1S/C18H20N5O7P/c1-28-14-13(30-31(26)27)11(7-24)29-18(14)23-9-21-12-15(19-8-20-16(12)23)22-17(25)10-5-3-2-4-6-10/h2-6,8-9,11,13-14,18,24,31H,7H2,1H3,(H,26,27)(H,19,20,22,25)/t11-,13-,14-,18-/m1/s1. The number of aliphatic hydroxyl groups excluding tert-OH is 1. The highest BCUT2D eigenvalue weighted by Gasteiger charge is 2.48. The van der Waals surface area contributed by atoms with Gasteiger partial charge >= 0.3 is 8.25 Å². The van der Waals surface area contributed by atoms with Gasteiger partial charge in [-0.05, 0) is 12.1 Å². The minimum absolute atomic E-state index is 0.205. The lowest BCUT2D eigenvalue weighted by atomic mass is 10.1. The molecule has 4 rings (SSSR count). The number of carbonyl (C=O) groups excluding carboxylic acids is 1. The van der Waals surface area contributed by atoms with Crippen LogP contribution >= 0.6 is 8.25 Å². The highest BCUT2D eigenvalue weighted by Crippen LogP contribution is 2.38. The predicted octanol–water partition coefficient (Wildman–Crippen LogP) is 0.750. The van der Waals surface area contributed by atoms with Crippen molar-refractivity contribution in [2.24, 2.45) is 0 Å². The molecule has 0 bridgehead atoms. The van der Waals surface area contributed by atoms with Gasteiger partial charge in [0, 0.05) is 12.7 Å². The van der Waals surface area contributed by atoms with Gasteiger partial charge in [-0.3, -0.25) is 13.9 Å². The van der Waals surface area contributed by atoms with Crippen LogP contribution in [0.3, 0.4) is 0 Å². The fraction of sp³-hybridized carbons (Fsp3) is 0.333. The fourth-order valence-electron chi connectivity index (χ4n) is 3.49. The van der Waals surface area contributed by atoms with Gasteiger partial charge in [0.1, 0.15) is 24.6 Å². The number of amides is 1. The van der Waals surface area contributed by atoms with Crippen LogP contribution in [-0.4, -0.2) is 67.5 Å². The summed E-state index contributed by atoms with van der Waals surface area (Å²) in [6.45, 7) is -0.448. The predicted molar refractivity (Wildman–Crippen MR) is 108 cm³/mol. The van der Waals surface area contributed by atoms with Crippen LogP contribution in [0.5, 0.6) is 0 Å². The van der Waals surface area contributed by atoms with E-state index in [9.17, 15) is 19.4 Å². The van der Waals surface area contributed by atoms with Crippen molar-refractivity contribution >= 4 is 31.1 Å². The van der Waals surface area contributed by atoms with Crippen LogP contribution in [0.25, 0.3) is 11.2 Å². The van der Waals surface area contributed by atoms with Crippen LogP contribution < -0.4 is 5.32 Å². The van der Waals surface area contributed by atoms with E-state index in [1.807, 2.05) is 0 Å². The van der Waals surface area contributed by atoms with Gasteiger partial charge < -0.3 is 29.3 Å². The number of rotatable bonds is 7. The molecule has 2 aromatic heterocycles. The molecule has 1 fully saturated rings. The molecule has 0 aliphatic carbocycles. The van der Waals surface area contributed by atoms with E-state index in [0.717, 1.165) is 0 Å². The molecule has 13 heteroatoms. The minimum atomic E-state index is -3.30. The maximum Gasteiger partial charge on any atom is 0.317 e. The second kappa shape index (κ2) is 9.18. The molecule has 164 valence electrons. The first-order valence-electron chi connectivity index (χ1n) is 9.26. The molecule has 5 atom stereocenters. The zero-order chi connectivity index (χ0) is 22.0. The molecule has 1 unspecified atom stereocenters. The highest BCUT2D eigenvalue weighted by molar-refractivity contribution is 7.32. The monoisotopic (exact) mass is 449 g/mol. The summed E-state index contributed by atoms with van der Waals surface area (Å²) in [5, 5.41) is 12.3. The number of hydrogen-bond acceptors (Lipinski definition) is 9. The SMILES string of the molecule is CO[C@@H]1[C@H](O[PH](=O)O)[C@@H](CO)O[C@H]1n1cnc2c(NC(=O)c3ccccc3)ncnc21. The van der Waals surface area contributed by atoms with Crippen LogP contribution in [0.15, 0.2) is 43.0 Å². The highest BCUT2D eigenvalue weighted by atomic mass is 31.1. The molecule has 12 nitrogen and oxygen atoms in total. The second-order valence-electron chi connectivity index (χ2n) is 6.66. The topological polar surface area (TPSA) is 158 Å². The Morgan fingerprint density at radius 2 is 2.03 bits per heavy atom. The van der Waals surface area contributed by atoms with Crippen molar-refractivity contribution in [3.63, 3.8) is 0 Å². The van der Waals surface area contributed by atoms with Gasteiger partial charge in [-0.25, -0.2) is 15.0 Å². The van der Waals surface area contributed by atoms with E-state index in [1.165, 1.54) is 24.3 Å². The Morgan fingerprint density at radius 1 is 1.26 bits per heavy atom. The van der Waals surface area contributed by atoms with E-state index in [2.05, 4.69) is 20.3 Å². The maximum atomic E-state index is 12.5. The summed E-state index contributed by atoms with van der Waals surface area (Å²) in [4.78, 5) is 34.3. The zero-order valence-electron chi connectivity index (χ0n) is 16.3. The molecule has 3 aromatic rings. The lowest BCUT2D eigenvalue weighted by molar-refractivity contribution is -0.0583. The number of carbonyl (C=O) groups is 1. The molecule has 0 saturated carbocycles. The third kappa shape index (κ3) is 4.22. The summed E-state index contributed by atoms with van der Waals surface area (Å²) in [7, 11) is -1.91. The molecule has 0 radical (unpaired) electrons. The van der Waals surface area contributed by atoms with E-state index in [1.54, 1.807) is 30.3 Å². The molecular formula is C18H20N5O7P. The molecule has 1 saturated heterocycles. The van der Waals surface area contributed by atoms with Crippen LogP contribution in [0.4, 0.5) is 5.82 Å². The van der Waals surface area contributed by atoms with Crippen molar-refractivity contribution in [3.8, 4) is 0 Å². The number of benzene rings is 1. The van der Waals surface area contributed by atoms with E-state index in [0.29, 0.717) is 16.7 Å². The lowest BCUT2D eigenvalue weighted by Crippen LogP contribution is -2.35. The Labute approximate surface area is 176 Å². The number of hydrogen-bond donors (Lipinski definition) is 3. The number of imidazole rings is 1. The molecule has 1 aliphatic heterocycles. The van der Waals surface area contributed by atoms with Crippen LogP contribution in [-0.2, 0) is 18.6 Å². The van der Waals surface area contributed by atoms with Gasteiger partial charge in [0.2, 0.25) is 0 Å². The van der Waals surface area contributed by atoms with Crippen LogP contribution in [0, 0.1) is 0 Å². The molecule has 3 N–H and O–H groups in total. The molecule has 0 spiro atoms. The Balaban J connectivity index is 1.66. The van der Waals surface area contributed by atoms with Crippen molar-refractivity contribution in [3.05, 3.63) is 48.5 Å². The average molecular weight is 449 g/mol. The summed E-state index contributed by atoms with van der Waals surface area (Å²) < 4.78 is 29.1. The summed E-state index contributed by atoms with van der Waals surface area (Å²) in [6.07, 6.45) is -0.867. The number of ether oxygens (including phenoxy) is 2. The van der Waals surface area contributed by atoms with Crippen molar-refractivity contribution in [1.29, 1.82) is 0 Å². The van der Waals surface area contributed by atoms with E-state index in [4.69, 9.17) is 14.0 Å². The van der Waals surface area contributed by atoms with E-state index in [-0.39, 0.29) is 11.7 Å². The van der Waals surface area contributed by atoms with E-state index < -0.39 is 39.4 Å². The van der Waals surface area contributed by atoms with Crippen molar-refractivity contribution in [1.82, 2.24) is 19.5 Å². The third-order valence-corrected chi connectivity index (χ3v) is 5.35. The molecule has 31 heavy (non-hydrogen) atoms. The minimum Gasteiger partial charge on any atom is -0.394 e. The molecular weight excluding hydrogens is 429 g/mol. The van der Waals surface area contributed by atoms with Gasteiger partial charge in [0.15, 0.2) is 23.2 Å². The Morgan fingerprint density at radius 3 is 2.71 bits per heavy atom. The number of methoxy groups -OCH3 is 1. The normalized spacial score (nSPS) is 24.4. The smallest absolute Gasteiger partial charge is 0.317 e. The first kappa shape index (κ1) is 21.5. The Hall–Kier alpha value is -2.73.